The Morgan fingerprint density at radius 3 is 2.71 bits per heavy atom. The van der Waals surface area contributed by atoms with Crippen LogP contribution in [0.15, 0.2) is 6.20 Å². The van der Waals surface area contributed by atoms with Crippen molar-refractivity contribution in [3.05, 3.63) is 11.8 Å². The van der Waals surface area contributed by atoms with E-state index in [1.54, 1.807) is 6.20 Å². The molecule has 0 spiro atoms. The Balaban J connectivity index is 1.97. The lowest BCUT2D eigenvalue weighted by molar-refractivity contribution is 0.385. The lowest BCUT2D eigenvalue weighted by Gasteiger charge is -2.21. The number of H-pyrrole nitrogens is 1. The van der Waals surface area contributed by atoms with Crippen molar-refractivity contribution in [2.75, 3.05) is 10.5 Å². The van der Waals surface area contributed by atoms with Gasteiger partial charge in [0.05, 0.1) is 11.9 Å². The normalized spacial score (nSPS) is 18.2. The fraction of sp³-hybridized carbons (Fsp3) is 0.727. The first-order chi connectivity index (χ1) is 8.07. The van der Waals surface area contributed by atoms with Gasteiger partial charge in [0.25, 0.3) is 0 Å². The molecule has 0 bridgehead atoms. The molecule has 2 rings (SSSR count). The fourth-order valence-corrected chi connectivity index (χ4v) is 3.87. The number of aryl methyl sites for hydroxylation is 1. The van der Waals surface area contributed by atoms with Crippen LogP contribution >= 0.6 is 0 Å². The second kappa shape index (κ2) is 5.08. The minimum Gasteiger partial charge on any atom is -0.267 e. The summed E-state index contributed by atoms with van der Waals surface area (Å²) in [6.45, 7) is 1.82. The van der Waals surface area contributed by atoms with Gasteiger partial charge >= 0.3 is 0 Å². The number of aromatic nitrogens is 2. The molecule has 1 aromatic heterocycles. The number of sulfonamides is 1. The highest BCUT2D eigenvalue weighted by Crippen LogP contribution is 2.25. The minimum atomic E-state index is -3.25. The molecule has 0 aliphatic heterocycles. The molecule has 1 aromatic rings. The van der Waals surface area contributed by atoms with Crippen molar-refractivity contribution in [3.63, 3.8) is 0 Å². The lowest BCUT2D eigenvalue weighted by Crippen LogP contribution is -2.24. The molecule has 96 valence electrons. The second-order valence-electron chi connectivity index (χ2n) is 4.82. The average Bonchev–Trinajstić information content (AvgIpc) is 2.64. The molecule has 17 heavy (non-hydrogen) atoms. The van der Waals surface area contributed by atoms with Crippen LogP contribution in [0.1, 0.15) is 37.7 Å². The van der Waals surface area contributed by atoms with Gasteiger partial charge in [-0.25, -0.2) is 8.42 Å². The van der Waals surface area contributed by atoms with Gasteiger partial charge in [-0.3, -0.25) is 9.82 Å². The fourth-order valence-electron chi connectivity index (χ4n) is 2.31. The van der Waals surface area contributed by atoms with Crippen molar-refractivity contribution in [2.24, 2.45) is 5.92 Å². The highest BCUT2D eigenvalue weighted by molar-refractivity contribution is 7.92. The Labute approximate surface area is 102 Å². The van der Waals surface area contributed by atoms with Crippen molar-refractivity contribution < 1.29 is 8.42 Å². The molecule has 6 heteroatoms. The summed E-state index contributed by atoms with van der Waals surface area (Å²) in [5, 5.41) is 6.46. The Bertz CT molecular complexity index is 461. The molecule has 5 nitrogen and oxygen atoms in total. The summed E-state index contributed by atoms with van der Waals surface area (Å²) < 4.78 is 26.5. The van der Waals surface area contributed by atoms with E-state index in [1.165, 1.54) is 6.42 Å². The van der Waals surface area contributed by atoms with Crippen molar-refractivity contribution in [2.45, 2.75) is 39.0 Å². The molecule has 0 amide bonds. The maximum Gasteiger partial charge on any atom is 0.234 e. The number of aromatic amines is 1. The van der Waals surface area contributed by atoms with Crippen molar-refractivity contribution >= 4 is 15.8 Å². The van der Waals surface area contributed by atoms with Gasteiger partial charge in [-0.15, -0.1) is 0 Å². The van der Waals surface area contributed by atoms with Crippen LogP contribution in [0.4, 0.5) is 5.82 Å². The standard InChI is InChI=1S/C11H19N3O2S/c1-9-7-12-13-11(9)14-17(15,16)8-10-5-3-2-4-6-10/h7,10H,2-6,8H2,1H3,(H2,12,13,14). The number of nitrogens with zero attached hydrogens (tertiary/aromatic N) is 1. The highest BCUT2D eigenvalue weighted by Gasteiger charge is 2.22. The molecular formula is C11H19N3O2S. The third-order valence-corrected chi connectivity index (χ3v) is 4.69. The number of nitrogens with one attached hydrogen (secondary N) is 2. The molecule has 1 fully saturated rings. The summed E-state index contributed by atoms with van der Waals surface area (Å²) in [5.41, 5.74) is 0.817. The van der Waals surface area contributed by atoms with Gasteiger partial charge in [-0.1, -0.05) is 19.3 Å². The molecule has 0 unspecified atom stereocenters. The van der Waals surface area contributed by atoms with E-state index in [0.29, 0.717) is 11.7 Å². The number of hydrogen-bond donors (Lipinski definition) is 2. The number of hydrogen-bond acceptors (Lipinski definition) is 3. The van der Waals surface area contributed by atoms with E-state index in [9.17, 15) is 8.42 Å². The van der Waals surface area contributed by atoms with Crippen molar-refractivity contribution in [1.82, 2.24) is 10.2 Å². The van der Waals surface area contributed by atoms with Crippen molar-refractivity contribution in [3.8, 4) is 0 Å². The maximum atomic E-state index is 12.0. The molecule has 0 atom stereocenters. The molecule has 0 saturated heterocycles. The topological polar surface area (TPSA) is 74.8 Å². The average molecular weight is 257 g/mol. The zero-order valence-electron chi connectivity index (χ0n) is 10.1. The van der Waals surface area contributed by atoms with Gasteiger partial charge in [0.1, 0.15) is 5.82 Å². The third kappa shape index (κ3) is 3.46. The van der Waals surface area contributed by atoms with Gasteiger partial charge in [0, 0.05) is 5.56 Å². The van der Waals surface area contributed by atoms with Crippen molar-refractivity contribution in [1.29, 1.82) is 0 Å². The third-order valence-electron chi connectivity index (χ3n) is 3.27. The Morgan fingerprint density at radius 1 is 1.41 bits per heavy atom. The highest BCUT2D eigenvalue weighted by atomic mass is 32.2. The predicted octanol–water partition coefficient (Wildman–Crippen LogP) is 2.04. The van der Waals surface area contributed by atoms with Crippen LogP contribution in [-0.4, -0.2) is 24.4 Å². The Morgan fingerprint density at radius 2 is 2.12 bits per heavy atom. The van der Waals surface area contributed by atoms with Crippen LogP contribution in [0, 0.1) is 12.8 Å². The molecule has 0 radical (unpaired) electrons. The zero-order valence-corrected chi connectivity index (χ0v) is 10.9. The minimum absolute atomic E-state index is 0.228. The van der Waals surface area contributed by atoms with E-state index in [1.807, 2.05) is 6.92 Å². The number of anilines is 1. The summed E-state index contributed by atoms with van der Waals surface area (Å²) in [4.78, 5) is 0. The van der Waals surface area contributed by atoms with E-state index in [4.69, 9.17) is 0 Å². The van der Waals surface area contributed by atoms with Crippen LogP contribution in [0.5, 0.6) is 0 Å². The van der Waals surface area contributed by atoms with Gasteiger partial charge in [0.2, 0.25) is 10.0 Å². The van der Waals surface area contributed by atoms with Gasteiger partial charge < -0.3 is 0 Å². The summed E-state index contributed by atoms with van der Waals surface area (Å²) in [6, 6.07) is 0. The quantitative estimate of drug-likeness (QED) is 0.866. The lowest BCUT2D eigenvalue weighted by atomic mass is 9.91. The van der Waals surface area contributed by atoms with Crippen LogP contribution in [0.2, 0.25) is 0 Å². The van der Waals surface area contributed by atoms with Crippen LogP contribution in [0.3, 0.4) is 0 Å². The van der Waals surface area contributed by atoms with Crippen LogP contribution in [-0.2, 0) is 10.0 Å². The Hall–Kier alpha value is -1.04. The van der Waals surface area contributed by atoms with E-state index in [2.05, 4.69) is 14.9 Å². The SMILES string of the molecule is Cc1cn[nH]c1NS(=O)(=O)CC1CCCCC1. The van der Waals surface area contributed by atoms with Crippen LogP contribution < -0.4 is 4.72 Å². The molecular weight excluding hydrogens is 238 g/mol. The second-order valence-corrected chi connectivity index (χ2v) is 6.58. The smallest absolute Gasteiger partial charge is 0.234 e. The van der Waals surface area contributed by atoms with E-state index in [-0.39, 0.29) is 5.75 Å². The van der Waals surface area contributed by atoms with Crippen LogP contribution in [0.25, 0.3) is 0 Å². The maximum absolute atomic E-state index is 12.0. The van der Waals surface area contributed by atoms with Gasteiger partial charge in [-0.05, 0) is 25.7 Å². The summed E-state index contributed by atoms with van der Waals surface area (Å²) in [6.07, 6.45) is 7.22. The number of rotatable bonds is 4. The molecule has 1 saturated carbocycles. The van der Waals surface area contributed by atoms with E-state index < -0.39 is 10.0 Å². The summed E-state index contributed by atoms with van der Waals surface area (Å²) in [7, 11) is -3.25. The zero-order chi connectivity index (χ0) is 12.3. The molecule has 1 aliphatic carbocycles. The van der Waals surface area contributed by atoms with Gasteiger partial charge in [0.15, 0.2) is 0 Å². The first-order valence-electron chi connectivity index (χ1n) is 6.07. The van der Waals surface area contributed by atoms with Gasteiger partial charge in [-0.2, -0.15) is 5.10 Å². The first-order valence-corrected chi connectivity index (χ1v) is 7.72. The molecule has 1 heterocycles. The Kier molecular flexibility index (Phi) is 3.71. The largest absolute Gasteiger partial charge is 0.267 e. The summed E-state index contributed by atoms with van der Waals surface area (Å²) >= 11 is 0. The molecule has 1 aliphatic rings. The summed E-state index contributed by atoms with van der Waals surface area (Å²) in [5.74, 6) is 1.02. The van der Waals surface area contributed by atoms with E-state index in [0.717, 1.165) is 31.2 Å². The van der Waals surface area contributed by atoms with E-state index >= 15 is 0 Å². The first kappa shape index (κ1) is 12.4. The predicted molar refractivity (Wildman–Crippen MR) is 67.3 cm³/mol. The monoisotopic (exact) mass is 257 g/mol. The molecule has 0 aromatic carbocycles. The molecule has 2 N–H and O–H groups in total.